The zero-order chi connectivity index (χ0) is 32.1. The number of ether oxygens (including phenoxy) is 1. The number of hydrogen-bond donors (Lipinski definition) is 4. The van der Waals surface area contributed by atoms with Crippen molar-refractivity contribution in [2.24, 2.45) is 0 Å². The summed E-state index contributed by atoms with van der Waals surface area (Å²) in [5, 5.41) is 16.7. The van der Waals surface area contributed by atoms with Crippen LogP contribution in [0.3, 0.4) is 0 Å². The summed E-state index contributed by atoms with van der Waals surface area (Å²) in [7, 11) is 0. The summed E-state index contributed by atoms with van der Waals surface area (Å²) in [4.78, 5) is 62.1. The van der Waals surface area contributed by atoms with E-state index >= 15 is 0 Å². The Labute approximate surface area is 255 Å². The average molecular weight is 603 g/mol. The highest BCUT2D eigenvalue weighted by Gasteiger charge is 2.22. The van der Waals surface area contributed by atoms with Gasteiger partial charge in [-0.3, -0.25) is 14.4 Å². The van der Waals surface area contributed by atoms with Crippen molar-refractivity contribution in [3.05, 3.63) is 111 Å². The van der Waals surface area contributed by atoms with E-state index in [4.69, 9.17) is 9.84 Å². The molecule has 2 aromatic carbocycles. The topological polar surface area (TPSA) is 156 Å². The highest BCUT2D eigenvalue weighted by Crippen LogP contribution is 2.16. The third-order valence-corrected chi connectivity index (χ3v) is 6.83. The minimum atomic E-state index is -1.14. The number of aromatic nitrogens is 1. The van der Waals surface area contributed by atoms with Crippen molar-refractivity contribution >= 4 is 29.6 Å². The van der Waals surface area contributed by atoms with Crippen LogP contribution >= 0.6 is 0 Å². The zero-order valence-corrected chi connectivity index (χ0v) is 25.1. The quantitative estimate of drug-likeness (QED) is 0.205. The van der Waals surface area contributed by atoms with Gasteiger partial charge in [-0.15, -0.1) is 0 Å². The Bertz CT molecular complexity index is 1540. The van der Waals surface area contributed by atoms with Gasteiger partial charge < -0.3 is 30.4 Å². The Hall–Kier alpha value is -5.19. The molecule has 44 heavy (non-hydrogen) atoms. The lowest BCUT2D eigenvalue weighted by molar-refractivity contribution is -0.131. The number of carbonyl (C=O) groups is 4. The number of carboxylic acid groups (broad SMARTS) is 1. The first kappa shape index (κ1) is 33.3. The molecule has 232 valence electrons. The molecule has 4 N–H and O–H groups in total. The van der Waals surface area contributed by atoms with Crippen molar-refractivity contribution in [1.29, 1.82) is 0 Å². The molecule has 1 atom stereocenters. The van der Waals surface area contributed by atoms with E-state index in [-0.39, 0.29) is 37.6 Å². The van der Waals surface area contributed by atoms with E-state index in [2.05, 4.69) is 28.1 Å². The summed E-state index contributed by atoms with van der Waals surface area (Å²) < 4.78 is 6.40. The van der Waals surface area contributed by atoms with Crippen molar-refractivity contribution in [3.8, 4) is 0 Å². The number of carboxylic acids is 1. The summed E-state index contributed by atoms with van der Waals surface area (Å²) in [6.45, 7) is 6.25. The molecule has 1 aromatic heterocycles. The molecule has 0 fully saturated rings. The van der Waals surface area contributed by atoms with Gasteiger partial charge in [0.15, 0.2) is 0 Å². The largest absolute Gasteiger partial charge is 0.478 e. The summed E-state index contributed by atoms with van der Waals surface area (Å²) in [5.74, 6) is -2.20. The Balaban J connectivity index is 1.62. The number of amides is 3. The maximum atomic E-state index is 13.1. The first-order valence-corrected chi connectivity index (χ1v) is 14.2. The van der Waals surface area contributed by atoms with Crippen LogP contribution in [0.15, 0.2) is 77.7 Å². The number of nitrogens with one attached hydrogen (secondary N) is 3. The second-order valence-corrected chi connectivity index (χ2v) is 10.4. The van der Waals surface area contributed by atoms with Gasteiger partial charge in [0.2, 0.25) is 11.8 Å². The van der Waals surface area contributed by atoms with Gasteiger partial charge in [0.25, 0.3) is 5.56 Å². The van der Waals surface area contributed by atoms with Crippen molar-refractivity contribution in [3.63, 3.8) is 0 Å². The van der Waals surface area contributed by atoms with Crippen LogP contribution in [0.25, 0.3) is 0 Å². The van der Waals surface area contributed by atoms with Crippen LogP contribution < -0.4 is 21.5 Å². The molecule has 0 aliphatic rings. The molecule has 0 saturated carbocycles. The predicted molar refractivity (Wildman–Crippen MR) is 166 cm³/mol. The van der Waals surface area contributed by atoms with E-state index in [1.54, 1.807) is 24.3 Å². The molecule has 0 saturated heterocycles. The van der Waals surface area contributed by atoms with Crippen LogP contribution in [0.2, 0.25) is 0 Å². The molecule has 1 heterocycles. The second kappa shape index (κ2) is 16.4. The number of alkyl carbamates (subject to hydrolysis) is 1. The van der Waals surface area contributed by atoms with Gasteiger partial charge in [-0.25, -0.2) is 9.59 Å². The lowest BCUT2D eigenvalue weighted by Crippen LogP contribution is -2.44. The second-order valence-electron chi connectivity index (χ2n) is 10.4. The van der Waals surface area contributed by atoms with Gasteiger partial charge in [-0.05, 0) is 74.4 Å². The zero-order valence-electron chi connectivity index (χ0n) is 25.1. The normalized spacial score (nSPS) is 11.5. The molecular weight excluding hydrogens is 564 g/mol. The third-order valence-electron chi connectivity index (χ3n) is 6.83. The Morgan fingerprint density at radius 1 is 1.00 bits per heavy atom. The number of aliphatic carboxylic acids is 1. The van der Waals surface area contributed by atoms with Crippen LogP contribution in [0.5, 0.6) is 0 Å². The molecule has 0 aliphatic heterocycles. The standard InChI is InChI=1S/C33H38N4O7/c1-22-18-23(2)26(24(3)19-22)15-16-34-29(38)20-37-17-9-13-28(32(37)42)35-31(41)27(12-7-8-14-30(39)40)36-33(43)44-21-25-10-5-4-6-11-25/h4-6,8-11,13-14,17-19,27H,7,12,15-16,20-21H2,1-3H3,(H,34,38)(H,35,41)(H,36,43)(H,39,40). The van der Waals surface area contributed by atoms with E-state index < -0.39 is 29.6 Å². The fourth-order valence-corrected chi connectivity index (χ4v) is 4.74. The van der Waals surface area contributed by atoms with Crippen LogP contribution in [-0.2, 0) is 38.7 Å². The minimum Gasteiger partial charge on any atom is -0.478 e. The van der Waals surface area contributed by atoms with E-state index in [1.807, 2.05) is 26.8 Å². The van der Waals surface area contributed by atoms with Crippen LogP contribution in [-0.4, -0.2) is 46.1 Å². The number of benzene rings is 2. The van der Waals surface area contributed by atoms with Crippen molar-refractivity contribution in [2.45, 2.75) is 59.2 Å². The minimum absolute atomic E-state index is 0.0182. The van der Waals surface area contributed by atoms with Crippen LogP contribution in [0, 0.1) is 20.8 Å². The number of aryl methyl sites for hydroxylation is 3. The van der Waals surface area contributed by atoms with Crippen molar-refractivity contribution in [2.75, 3.05) is 11.9 Å². The number of pyridine rings is 1. The van der Waals surface area contributed by atoms with Gasteiger partial charge in [0.1, 0.15) is 24.9 Å². The highest BCUT2D eigenvalue weighted by atomic mass is 16.5. The molecule has 3 aromatic rings. The van der Waals surface area contributed by atoms with Crippen molar-refractivity contribution < 1.29 is 29.0 Å². The highest BCUT2D eigenvalue weighted by molar-refractivity contribution is 5.96. The van der Waals surface area contributed by atoms with Gasteiger partial charge in [-0.1, -0.05) is 54.1 Å². The first-order valence-electron chi connectivity index (χ1n) is 14.2. The molecule has 3 amide bonds. The van der Waals surface area contributed by atoms with E-state index in [0.717, 1.165) is 22.8 Å². The molecule has 3 rings (SSSR count). The Morgan fingerprint density at radius 2 is 1.70 bits per heavy atom. The van der Waals surface area contributed by atoms with E-state index in [9.17, 15) is 24.0 Å². The molecule has 0 spiro atoms. The maximum Gasteiger partial charge on any atom is 0.408 e. The maximum absolute atomic E-state index is 13.1. The average Bonchev–Trinajstić information content (AvgIpc) is 2.97. The molecular formula is C33H38N4O7. The first-order chi connectivity index (χ1) is 21.0. The van der Waals surface area contributed by atoms with Crippen LogP contribution in [0.4, 0.5) is 10.5 Å². The monoisotopic (exact) mass is 602 g/mol. The molecule has 0 radical (unpaired) electrons. The van der Waals surface area contributed by atoms with Crippen LogP contribution in [0.1, 0.15) is 40.7 Å². The number of rotatable bonds is 14. The number of nitrogens with zero attached hydrogens (tertiary/aromatic N) is 1. The number of anilines is 1. The smallest absolute Gasteiger partial charge is 0.408 e. The van der Waals surface area contributed by atoms with E-state index in [1.165, 1.54) is 40.1 Å². The van der Waals surface area contributed by atoms with Gasteiger partial charge in [-0.2, -0.15) is 0 Å². The summed E-state index contributed by atoms with van der Waals surface area (Å²) in [6, 6.07) is 15.0. The molecule has 0 aliphatic carbocycles. The predicted octanol–water partition coefficient (Wildman–Crippen LogP) is 3.79. The van der Waals surface area contributed by atoms with Gasteiger partial charge >= 0.3 is 12.1 Å². The lowest BCUT2D eigenvalue weighted by Gasteiger charge is -2.18. The third kappa shape index (κ3) is 10.6. The number of hydrogen-bond acceptors (Lipinski definition) is 6. The molecule has 0 bridgehead atoms. The number of allylic oxidation sites excluding steroid dienone is 1. The van der Waals surface area contributed by atoms with E-state index in [0.29, 0.717) is 13.0 Å². The summed E-state index contributed by atoms with van der Waals surface area (Å²) >= 11 is 0. The fraction of sp³-hybridized carbons (Fsp3) is 0.303. The van der Waals surface area contributed by atoms with Crippen molar-refractivity contribution in [1.82, 2.24) is 15.2 Å². The molecule has 11 heteroatoms. The fourth-order valence-electron chi connectivity index (χ4n) is 4.74. The lowest BCUT2D eigenvalue weighted by atomic mass is 9.97. The number of carbonyl (C=O) groups excluding carboxylic acids is 3. The molecule has 11 nitrogen and oxygen atoms in total. The molecule has 1 unspecified atom stereocenters. The Morgan fingerprint density at radius 3 is 2.39 bits per heavy atom. The summed E-state index contributed by atoms with van der Waals surface area (Å²) in [6.07, 6.45) is 3.73. The Kier molecular flexibility index (Phi) is 12.5. The van der Waals surface area contributed by atoms with Gasteiger partial charge in [0, 0.05) is 18.8 Å². The van der Waals surface area contributed by atoms with Gasteiger partial charge in [0.05, 0.1) is 0 Å². The summed E-state index contributed by atoms with van der Waals surface area (Å²) in [5.41, 5.74) is 4.74. The SMILES string of the molecule is Cc1cc(C)c(CCNC(=O)Cn2cccc(NC(=O)C(CCC=CC(=O)O)NC(=O)OCc3ccccc3)c2=O)c(C)c1.